The van der Waals surface area contributed by atoms with Crippen LogP contribution in [0.3, 0.4) is 0 Å². The summed E-state index contributed by atoms with van der Waals surface area (Å²) in [7, 11) is 0. The first kappa shape index (κ1) is 15.1. The van der Waals surface area contributed by atoms with Gasteiger partial charge in [-0.2, -0.15) is 5.10 Å². The van der Waals surface area contributed by atoms with Gasteiger partial charge in [0.05, 0.1) is 15.8 Å². The van der Waals surface area contributed by atoms with Gasteiger partial charge in [0.2, 0.25) is 0 Å². The molecule has 0 spiro atoms. The third kappa shape index (κ3) is 2.66. The first-order valence-corrected chi connectivity index (χ1v) is 8.54. The van der Waals surface area contributed by atoms with E-state index in [-0.39, 0.29) is 11.5 Å². The zero-order chi connectivity index (χ0) is 15.4. The summed E-state index contributed by atoms with van der Waals surface area (Å²) in [6.07, 6.45) is 5.29. The molecular formula is C15H22IN3O2. The fourth-order valence-corrected chi connectivity index (χ4v) is 4.77. The Balaban J connectivity index is 1.83. The minimum atomic E-state index is -0.769. The predicted octanol–water partition coefficient (Wildman–Crippen LogP) is 3.46. The summed E-state index contributed by atoms with van der Waals surface area (Å²) in [5, 5.41) is 13.9. The number of amides is 1. The predicted molar refractivity (Wildman–Crippen MR) is 88.2 cm³/mol. The summed E-state index contributed by atoms with van der Waals surface area (Å²) in [6.45, 7) is 7.14. The van der Waals surface area contributed by atoms with Crippen molar-refractivity contribution < 1.29 is 9.90 Å². The molecule has 4 atom stereocenters. The van der Waals surface area contributed by atoms with Crippen molar-refractivity contribution in [2.24, 2.45) is 17.3 Å². The second-order valence-electron chi connectivity index (χ2n) is 7.43. The number of aromatic nitrogens is 2. The van der Waals surface area contributed by atoms with Crippen LogP contribution in [0.15, 0.2) is 12.4 Å². The van der Waals surface area contributed by atoms with Crippen molar-refractivity contribution in [3.63, 3.8) is 0 Å². The van der Waals surface area contributed by atoms with Crippen LogP contribution in [0.4, 0.5) is 4.79 Å². The molecule has 1 aliphatic heterocycles. The molecule has 2 aliphatic rings. The molecule has 2 fully saturated rings. The van der Waals surface area contributed by atoms with Crippen molar-refractivity contribution in [3.05, 3.63) is 16.0 Å². The molecule has 1 N–H and O–H groups in total. The summed E-state index contributed by atoms with van der Waals surface area (Å²) in [4.78, 5) is 13.2. The molecule has 6 heteroatoms. The first-order chi connectivity index (χ1) is 9.77. The third-order valence-electron chi connectivity index (χ3n) is 4.97. The van der Waals surface area contributed by atoms with Gasteiger partial charge in [0.15, 0.2) is 0 Å². The Morgan fingerprint density at radius 1 is 1.43 bits per heavy atom. The van der Waals surface area contributed by atoms with E-state index in [9.17, 15) is 9.90 Å². The first-order valence-electron chi connectivity index (χ1n) is 7.46. The Labute approximate surface area is 138 Å². The lowest BCUT2D eigenvalue weighted by atomic mass is 9.77. The van der Waals surface area contributed by atoms with Crippen molar-refractivity contribution >= 4 is 28.7 Å². The van der Waals surface area contributed by atoms with E-state index in [2.05, 4.69) is 59.3 Å². The van der Waals surface area contributed by atoms with E-state index < -0.39 is 6.09 Å². The molecular weight excluding hydrogens is 381 g/mol. The number of fused-ring (bicyclic) bond motifs is 1. The quantitative estimate of drug-likeness (QED) is 0.731. The number of nitrogens with zero attached hydrogens (tertiary/aromatic N) is 3. The van der Waals surface area contributed by atoms with Gasteiger partial charge in [-0.3, -0.25) is 4.68 Å². The molecule has 116 valence electrons. The summed E-state index contributed by atoms with van der Waals surface area (Å²) < 4.78 is 3.23. The highest BCUT2D eigenvalue weighted by atomic mass is 127. The van der Waals surface area contributed by atoms with E-state index in [1.54, 1.807) is 4.90 Å². The van der Waals surface area contributed by atoms with Crippen LogP contribution in [0.2, 0.25) is 0 Å². The average molecular weight is 403 g/mol. The van der Waals surface area contributed by atoms with Gasteiger partial charge in [-0.05, 0) is 52.7 Å². The fraction of sp³-hybridized carbons (Fsp3) is 0.733. The molecule has 1 aromatic heterocycles. The summed E-state index contributed by atoms with van der Waals surface area (Å²) in [6, 6.07) is 0.531. The maximum Gasteiger partial charge on any atom is 0.407 e. The molecule has 2 unspecified atom stereocenters. The number of carbonyl (C=O) groups is 1. The SMILES string of the molecule is CC(C)(C)C1[C@H]2CC(n3cc(I)cn3)C[C@H]2CN1C(=O)O. The standard InChI is InChI=1S/C15H22IN3O2/c1-15(2,3)13-12-5-11(19-8-10(16)6-17-19)4-9(12)7-18(13)14(20)21/h6,8-9,11-13H,4-5,7H2,1-3H3,(H,20,21)/t9-,11?,12-,13?/m0/s1. The monoisotopic (exact) mass is 403 g/mol. The Bertz CT molecular complexity index is 551. The minimum absolute atomic E-state index is 0.0226. The van der Waals surface area contributed by atoms with Gasteiger partial charge in [-0.25, -0.2) is 4.79 Å². The summed E-state index contributed by atoms with van der Waals surface area (Å²) in [5.41, 5.74) is -0.0226. The van der Waals surface area contributed by atoms with Gasteiger partial charge in [0, 0.05) is 18.8 Å². The molecule has 0 bridgehead atoms. The van der Waals surface area contributed by atoms with Crippen molar-refractivity contribution in [2.75, 3.05) is 6.54 Å². The second-order valence-corrected chi connectivity index (χ2v) is 8.68. The lowest BCUT2D eigenvalue weighted by Crippen LogP contribution is -2.45. The minimum Gasteiger partial charge on any atom is -0.465 e. The van der Waals surface area contributed by atoms with Gasteiger partial charge in [0.1, 0.15) is 0 Å². The molecule has 1 aliphatic carbocycles. The Hall–Kier alpha value is -0.790. The average Bonchev–Trinajstić information content (AvgIpc) is 2.98. The van der Waals surface area contributed by atoms with Crippen LogP contribution in [-0.4, -0.2) is 38.5 Å². The molecule has 1 saturated heterocycles. The third-order valence-corrected chi connectivity index (χ3v) is 5.53. The van der Waals surface area contributed by atoms with Crippen molar-refractivity contribution in [1.29, 1.82) is 0 Å². The van der Waals surface area contributed by atoms with Crippen LogP contribution in [0, 0.1) is 20.8 Å². The molecule has 0 aromatic carbocycles. The van der Waals surface area contributed by atoms with Crippen LogP contribution >= 0.6 is 22.6 Å². The van der Waals surface area contributed by atoms with Gasteiger partial charge in [-0.1, -0.05) is 20.8 Å². The van der Waals surface area contributed by atoms with Crippen LogP contribution in [0.1, 0.15) is 39.7 Å². The van der Waals surface area contributed by atoms with Gasteiger partial charge < -0.3 is 10.0 Å². The number of hydrogen-bond acceptors (Lipinski definition) is 2. The molecule has 21 heavy (non-hydrogen) atoms. The largest absolute Gasteiger partial charge is 0.465 e. The molecule has 2 heterocycles. The van der Waals surface area contributed by atoms with E-state index in [0.29, 0.717) is 24.4 Å². The van der Waals surface area contributed by atoms with Crippen LogP contribution < -0.4 is 0 Å². The van der Waals surface area contributed by atoms with E-state index in [1.165, 1.54) is 0 Å². The summed E-state index contributed by atoms with van der Waals surface area (Å²) in [5.74, 6) is 0.921. The number of carboxylic acid groups (broad SMARTS) is 1. The Morgan fingerprint density at radius 3 is 2.67 bits per heavy atom. The lowest BCUT2D eigenvalue weighted by molar-refractivity contribution is 0.0877. The highest BCUT2D eigenvalue weighted by Gasteiger charge is 2.53. The van der Waals surface area contributed by atoms with Crippen molar-refractivity contribution in [3.8, 4) is 0 Å². The van der Waals surface area contributed by atoms with E-state index in [4.69, 9.17) is 0 Å². The Morgan fingerprint density at radius 2 is 2.14 bits per heavy atom. The lowest BCUT2D eigenvalue weighted by Gasteiger charge is -2.37. The Kier molecular flexibility index (Phi) is 3.70. The van der Waals surface area contributed by atoms with Gasteiger partial charge >= 0.3 is 6.09 Å². The molecule has 1 aromatic rings. The van der Waals surface area contributed by atoms with Crippen molar-refractivity contribution in [2.45, 2.75) is 45.7 Å². The van der Waals surface area contributed by atoms with E-state index in [1.807, 2.05) is 6.20 Å². The number of rotatable bonds is 1. The van der Waals surface area contributed by atoms with Crippen LogP contribution in [-0.2, 0) is 0 Å². The zero-order valence-corrected chi connectivity index (χ0v) is 14.8. The van der Waals surface area contributed by atoms with E-state index >= 15 is 0 Å². The van der Waals surface area contributed by atoms with Gasteiger partial charge in [0.25, 0.3) is 0 Å². The summed E-state index contributed by atoms with van der Waals surface area (Å²) >= 11 is 2.28. The zero-order valence-electron chi connectivity index (χ0n) is 12.7. The smallest absolute Gasteiger partial charge is 0.407 e. The number of hydrogen-bond donors (Lipinski definition) is 1. The maximum atomic E-state index is 11.6. The molecule has 0 radical (unpaired) electrons. The van der Waals surface area contributed by atoms with E-state index in [0.717, 1.165) is 16.4 Å². The second kappa shape index (κ2) is 5.14. The van der Waals surface area contributed by atoms with Crippen LogP contribution in [0.5, 0.6) is 0 Å². The van der Waals surface area contributed by atoms with Crippen molar-refractivity contribution in [1.82, 2.24) is 14.7 Å². The molecule has 3 rings (SSSR count). The number of halogens is 1. The molecule has 1 saturated carbocycles. The maximum absolute atomic E-state index is 11.6. The number of likely N-dealkylation sites (tertiary alicyclic amines) is 1. The molecule has 1 amide bonds. The normalized spacial score (nSPS) is 32.5. The highest BCUT2D eigenvalue weighted by Crippen LogP contribution is 2.51. The molecule has 5 nitrogen and oxygen atoms in total. The van der Waals surface area contributed by atoms with Crippen LogP contribution in [0.25, 0.3) is 0 Å². The fourth-order valence-electron chi connectivity index (χ4n) is 4.36. The highest BCUT2D eigenvalue weighted by molar-refractivity contribution is 14.1. The van der Waals surface area contributed by atoms with Gasteiger partial charge in [-0.15, -0.1) is 0 Å². The topological polar surface area (TPSA) is 58.4 Å².